The molecule has 0 amide bonds. The Balaban J connectivity index is 0.863. The van der Waals surface area contributed by atoms with Crippen molar-refractivity contribution in [3.8, 4) is 55.6 Å². The fourth-order valence-corrected chi connectivity index (χ4v) is 15.4. The average molecular weight is 1010 g/mol. The molecule has 0 aromatic heterocycles. The van der Waals surface area contributed by atoms with E-state index in [-0.39, 0.29) is 21.7 Å². The van der Waals surface area contributed by atoms with E-state index in [0.29, 0.717) is 0 Å². The van der Waals surface area contributed by atoms with E-state index in [1.807, 2.05) is 0 Å². The molecule has 0 saturated heterocycles. The van der Waals surface area contributed by atoms with Gasteiger partial charge in [-0.25, -0.2) is 0 Å². The van der Waals surface area contributed by atoms with E-state index in [2.05, 4.69) is 284 Å². The Morgan fingerprint density at radius 2 is 0.487 bits per heavy atom. The van der Waals surface area contributed by atoms with Gasteiger partial charge in [0.1, 0.15) is 0 Å². The van der Waals surface area contributed by atoms with Crippen LogP contribution in [0.25, 0.3) is 55.6 Å². The highest BCUT2D eigenvalue weighted by molar-refractivity contribution is 5.91. The van der Waals surface area contributed by atoms with E-state index >= 15 is 0 Å². The summed E-state index contributed by atoms with van der Waals surface area (Å²) in [4.78, 5) is 5.00. The van der Waals surface area contributed by atoms with Gasteiger partial charge in [-0.2, -0.15) is 0 Å². The molecular formula is C76H68N2. The number of hydrogen-bond donors (Lipinski definition) is 0. The smallest absolute Gasteiger partial charge is 0.0465 e. The van der Waals surface area contributed by atoms with Crippen LogP contribution in [0.4, 0.5) is 34.1 Å². The maximum Gasteiger partial charge on any atom is 0.0465 e. The van der Waals surface area contributed by atoms with Crippen LogP contribution in [0.15, 0.2) is 218 Å². The van der Waals surface area contributed by atoms with E-state index in [9.17, 15) is 0 Å². The lowest BCUT2D eigenvalue weighted by atomic mass is 9.74. The Morgan fingerprint density at radius 1 is 0.244 bits per heavy atom. The van der Waals surface area contributed by atoms with Crippen molar-refractivity contribution in [2.75, 3.05) is 9.80 Å². The third-order valence-electron chi connectivity index (χ3n) is 19.7. The number of fused-ring (bicyclic) bond motifs is 12. The van der Waals surface area contributed by atoms with Crippen LogP contribution in [0, 0.1) is 0 Å². The van der Waals surface area contributed by atoms with Crippen molar-refractivity contribution in [1.82, 2.24) is 0 Å². The normalized spacial score (nSPS) is 15.5. The molecule has 78 heavy (non-hydrogen) atoms. The van der Waals surface area contributed by atoms with Gasteiger partial charge in [-0.15, -0.1) is 0 Å². The molecule has 0 fully saturated rings. The van der Waals surface area contributed by atoms with Crippen molar-refractivity contribution in [1.29, 1.82) is 0 Å². The minimum atomic E-state index is -0.122. The SMILES string of the molecule is CCC1(CC)c2ccccc2-c2ccc(N(c3ccc(-c4ccc(N(c5ccc6c(c5)C(C)(C)c5ccccc5-6)c5ccc6c(c5)C(CC)(CC)c5ccccc5-6)cc4)cc3)c3ccc4c(c3)C(C)(C)c3ccccc3-4)cc21. The average Bonchev–Trinajstić information content (AvgIpc) is 4.33. The minimum absolute atomic E-state index is 0.0360. The topological polar surface area (TPSA) is 6.48 Å². The summed E-state index contributed by atoms with van der Waals surface area (Å²) in [7, 11) is 0. The summed E-state index contributed by atoms with van der Waals surface area (Å²) in [5.74, 6) is 0. The number of anilines is 6. The highest BCUT2D eigenvalue weighted by Gasteiger charge is 2.43. The second-order valence-corrected chi connectivity index (χ2v) is 23.7. The van der Waals surface area contributed by atoms with E-state index in [1.165, 1.54) is 123 Å². The lowest BCUT2D eigenvalue weighted by molar-refractivity contribution is 0.490. The van der Waals surface area contributed by atoms with Gasteiger partial charge in [0.25, 0.3) is 0 Å². The van der Waals surface area contributed by atoms with Gasteiger partial charge < -0.3 is 9.80 Å². The largest absolute Gasteiger partial charge is 0.310 e. The molecule has 0 radical (unpaired) electrons. The van der Waals surface area contributed by atoms with Crippen LogP contribution >= 0.6 is 0 Å². The molecule has 0 N–H and O–H groups in total. The first kappa shape index (κ1) is 48.2. The molecule has 0 unspecified atom stereocenters. The Hall–Kier alpha value is -8.20. The van der Waals surface area contributed by atoms with Crippen molar-refractivity contribution in [2.45, 2.75) is 103 Å². The van der Waals surface area contributed by atoms with Crippen molar-refractivity contribution in [2.24, 2.45) is 0 Å². The molecule has 0 aliphatic heterocycles. The maximum absolute atomic E-state index is 2.51. The summed E-state index contributed by atoms with van der Waals surface area (Å²) in [5.41, 5.74) is 31.2. The lowest BCUT2D eigenvalue weighted by Crippen LogP contribution is -2.23. The molecule has 4 aliphatic carbocycles. The van der Waals surface area contributed by atoms with E-state index in [4.69, 9.17) is 0 Å². The van der Waals surface area contributed by atoms with E-state index < -0.39 is 0 Å². The number of benzene rings is 10. The molecule has 10 aromatic carbocycles. The number of hydrogen-bond acceptors (Lipinski definition) is 2. The highest BCUT2D eigenvalue weighted by Crippen LogP contribution is 2.58. The molecule has 382 valence electrons. The molecular weight excluding hydrogens is 941 g/mol. The zero-order valence-corrected chi connectivity index (χ0v) is 46.5. The summed E-state index contributed by atoms with van der Waals surface area (Å²) in [6.07, 6.45) is 4.20. The lowest BCUT2D eigenvalue weighted by Gasteiger charge is -2.32. The molecule has 10 aromatic rings. The monoisotopic (exact) mass is 1010 g/mol. The van der Waals surface area contributed by atoms with Crippen molar-refractivity contribution in [3.05, 3.63) is 263 Å². The molecule has 4 aliphatic rings. The van der Waals surface area contributed by atoms with E-state index in [0.717, 1.165) is 37.1 Å². The predicted octanol–water partition coefficient (Wildman–Crippen LogP) is 21.1. The standard InChI is InChI=1S/C76H68N2/c1-9-75(10-2)67-27-19-15-23-59(67)63-43-39-55(47-71(63)75)77(53-37-41-61-57-21-13-17-25-65(57)73(5,6)69(61)45-53)51-33-29-49(30-34-51)50-31-35-52(36-32-50)78(54-38-42-62-58-22-14-18-26-66(58)74(7,8)70(62)46-54)56-40-44-64-60-24-16-20-28-68(60)76(11-3,12-4)72(64)48-56/h13-48H,9-12H2,1-8H3. The Bertz CT molecular complexity index is 3770. The third kappa shape index (κ3) is 6.74. The quantitative estimate of drug-likeness (QED) is 0.127. The van der Waals surface area contributed by atoms with Crippen LogP contribution in [0.1, 0.15) is 126 Å². The number of rotatable bonds is 11. The van der Waals surface area contributed by atoms with Crippen LogP contribution in [-0.2, 0) is 21.7 Å². The molecule has 0 heterocycles. The van der Waals surface area contributed by atoms with Crippen LogP contribution in [0.5, 0.6) is 0 Å². The first-order chi connectivity index (χ1) is 37.9. The molecule has 2 nitrogen and oxygen atoms in total. The molecule has 0 bridgehead atoms. The van der Waals surface area contributed by atoms with Gasteiger partial charge in [-0.3, -0.25) is 0 Å². The molecule has 14 rings (SSSR count). The van der Waals surface area contributed by atoms with Gasteiger partial charge in [0.2, 0.25) is 0 Å². The van der Waals surface area contributed by atoms with Crippen LogP contribution < -0.4 is 9.80 Å². The van der Waals surface area contributed by atoms with Gasteiger partial charge in [0.15, 0.2) is 0 Å². The first-order valence-electron chi connectivity index (χ1n) is 28.7. The second kappa shape index (κ2) is 17.7. The summed E-state index contributed by atoms with van der Waals surface area (Å²) in [6, 6.07) is 83.6. The summed E-state index contributed by atoms with van der Waals surface area (Å²) >= 11 is 0. The van der Waals surface area contributed by atoms with Crippen LogP contribution in [0.3, 0.4) is 0 Å². The van der Waals surface area contributed by atoms with Gasteiger partial charge in [0.05, 0.1) is 0 Å². The fourth-order valence-electron chi connectivity index (χ4n) is 15.4. The van der Waals surface area contributed by atoms with E-state index in [1.54, 1.807) is 0 Å². The summed E-state index contributed by atoms with van der Waals surface area (Å²) in [5, 5.41) is 0. The number of nitrogens with zero attached hydrogens (tertiary/aromatic N) is 2. The highest BCUT2D eigenvalue weighted by atomic mass is 15.1. The Labute approximate surface area is 462 Å². The summed E-state index contributed by atoms with van der Waals surface area (Å²) in [6.45, 7) is 19.0. The Kier molecular flexibility index (Phi) is 10.9. The van der Waals surface area contributed by atoms with Crippen molar-refractivity contribution >= 4 is 34.1 Å². The maximum atomic E-state index is 2.51. The summed E-state index contributed by atoms with van der Waals surface area (Å²) < 4.78 is 0. The third-order valence-corrected chi connectivity index (χ3v) is 19.7. The van der Waals surface area contributed by atoms with Crippen molar-refractivity contribution in [3.63, 3.8) is 0 Å². The first-order valence-corrected chi connectivity index (χ1v) is 28.7. The molecule has 0 saturated carbocycles. The van der Waals surface area contributed by atoms with Crippen molar-refractivity contribution < 1.29 is 0 Å². The van der Waals surface area contributed by atoms with Gasteiger partial charge in [-0.05, 0) is 199 Å². The van der Waals surface area contributed by atoms with Gasteiger partial charge in [-0.1, -0.05) is 201 Å². The zero-order chi connectivity index (χ0) is 53.3. The fraction of sp³-hybridized carbons (Fsp3) is 0.211. The van der Waals surface area contributed by atoms with Crippen LogP contribution in [0.2, 0.25) is 0 Å². The van der Waals surface area contributed by atoms with Gasteiger partial charge in [0, 0.05) is 55.8 Å². The van der Waals surface area contributed by atoms with Crippen LogP contribution in [-0.4, -0.2) is 0 Å². The predicted molar refractivity (Wildman–Crippen MR) is 330 cm³/mol. The Morgan fingerprint density at radius 3 is 0.808 bits per heavy atom. The second-order valence-electron chi connectivity index (χ2n) is 23.7. The zero-order valence-electron chi connectivity index (χ0n) is 46.5. The van der Waals surface area contributed by atoms with Gasteiger partial charge >= 0.3 is 0 Å². The molecule has 2 heteroatoms. The molecule has 0 atom stereocenters. The minimum Gasteiger partial charge on any atom is -0.310 e. The molecule has 0 spiro atoms.